The predicted octanol–water partition coefficient (Wildman–Crippen LogP) is 1.06. The zero-order valence-electron chi connectivity index (χ0n) is 10.0. The van der Waals surface area contributed by atoms with Crippen LogP contribution in [0, 0.1) is 6.92 Å². The van der Waals surface area contributed by atoms with Crippen LogP contribution in [0.15, 0.2) is 41.3 Å². The van der Waals surface area contributed by atoms with Gasteiger partial charge in [0.2, 0.25) is 10.0 Å². The van der Waals surface area contributed by atoms with Gasteiger partial charge in [0.15, 0.2) is 0 Å². The molecular weight excluding hydrogens is 250 g/mol. The van der Waals surface area contributed by atoms with Crippen LogP contribution < -0.4 is 0 Å². The van der Waals surface area contributed by atoms with Crippen LogP contribution >= 0.6 is 0 Å². The minimum atomic E-state index is -3.42. The molecule has 1 heterocycles. The Morgan fingerprint density at radius 2 is 1.89 bits per heavy atom. The van der Waals surface area contributed by atoms with Gasteiger partial charge >= 0.3 is 0 Å². The number of nitrogens with zero attached hydrogens (tertiary/aromatic N) is 1. The topological polar surface area (TPSA) is 57.4 Å². The summed E-state index contributed by atoms with van der Waals surface area (Å²) >= 11 is 0. The molecule has 1 aromatic carbocycles. The first-order chi connectivity index (χ1) is 8.50. The first kappa shape index (κ1) is 11.9. The summed E-state index contributed by atoms with van der Waals surface area (Å²) in [5.41, 5.74) is 1.03. The molecule has 5 heteroatoms. The largest absolute Gasteiger partial charge is 0.389 e. The van der Waals surface area contributed by atoms with Crippen LogP contribution in [0.5, 0.6) is 0 Å². The molecule has 1 unspecified atom stereocenters. The summed E-state index contributed by atoms with van der Waals surface area (Å²) in [6.07, 6.45) is 3.42. The Morgan fingerprint density at radius 1 is 1.22 bits per heavy atom. The highest BCUT2D eigenvalue weighted by Crippen LogP contribution is 2.41. The summed E-state index contributed by atoms with van der Waals surface area (Å²) in [7, 11) is -3.42. The van der Waals surface area contributed by atoms with Gasteiger partial charge in [-0.2, -0.15) is 4.31 Å². The van der Waals surface area contributed by atoms with Crippen molar-refractivity contribution in [2.24, 2.45) is 0 Å². The van der Waals surface area contributed by atoms with Crippen molar-refractivity contribution in [2.75, 3.05) is 0 Å². The molecule has 1 saturated heterocycles. The van der Waals surface area contributed by atoms with Crippen LogP contribution in [0.3, 0.4) is 0 Å². The van der Waals surface area contributed by atoms with E-state index in [9.17, 15) is 13.5 Å². The Balaban J connectivity index is 1.89. The minimum absolute atomic E-state index is 0.0697. The zero-order chi connectivity index (χ0) is 12.9. The van der Waals surface area contributed by atoms with E-state index in [-0.39, 0.29) is 12.1 Å². The van der Waals surface area contributed by atoms with Crippen molar-refractivity contribution >= 4 is 10.0 Å². The number of aliphatic hydroxyl groups is 1. The van der Waals surface area contributed by atoms with Crippen molar-refractivity contribution < 1.29 is 13.5 Å². The van der Waals surface area contributed by atoms with Crippen molar-refractivity contribution in [3.05, 3.63) is 42.0 Å². The maximum absolute atomic E-state index is 12.4. The lowest BCUT2D eigenvalue weighted by Crippen LogP contribution is -2.16. The Morgan fingerprint density at radius 3 is 2.50 bits per heavy atom. The van der Waals surface area contributed by atoms with Crippen LogP contribution in [-0.2, 0) is 10.0 Å². The van der Waals surface area contributed by atoms with Crippen LogP contribution in [0.4, 0.5) is 0 Å². The second-order valence-electron chi connectivity index (χ2n) is 4.89. The summed E-state index contributed by atoms with van der Waals surface area (Å²) in [6, 6.07) is 6.72. The van der Waals surface area contributed by atoms with Gasteiger partial charge in [0.05, 0.1) is 17.0 Å². The van der Waals surface area contributed by atoms with Crippen LogP contribution in [0.1, 0.15) is 12.0 Å². The summed E-state index contributed by atoms with van der Waals surface area (Å²) < 4.78 is 26.3. The van der Waals surface area contributed by atoms with Crippen molar-refractivity contribution in [1.29, 1.82) is 0 Å². The Hall–Kier alpha value is -1.17. The second-order valence-corrected chi connectivity index (χ2v) is 6.74. The molecule has 0 radical (unpaired) electrons. The molecule has 1 N–H and O–H groups in total. The van der Waals surface area contributed by atoms with Gasteiger partial charge in [-0.1, -0.05) is 29.8 Å². The molecule has 4 atom stereocenters. The van der Waals surface area contributed by atoms with E-state index in [2.05, 4.69) is 0 Å². The highest BCUT2D eigenvalue weighted by Gasteiger charge is 2.55. The molecule has 0 saturated carbocycles. The number of benzene rings is 1. The van der Waals surface area contributed by atoms with E-state index < -0.39 is 16.1 Å². The Bertz CT molecular complexity index is 591. The predicted molar refractivity (Wildman–Crippen MR) is 67.5 cm³/mol. The first-order valence-electron chi connectivity index (χ1n) is 5.97. The van der Waals surface area contributed by atoms with E-state index in [1.807, 2.05) is 6.92 Å². The molecule has 1 aromatic rings. The normalized spacial score (nSPS) is 34.1. The van der Waals surface area contributed by atoms with E-state index >= 15 is 0 Å². The molecule has 2 aliphatic rings. The number of aryl methyl sites for hydroxylation is 1. The first-order valence-corrected chi connectivity index (χ1v) is 7.41. The van der Waals surface area contributed by atoms with Crippen molar-refractivity contribution in [1.82, 2.24) is 4.31 Å². The SMILES string of the molecule is Cc1ccc(S(=O)(=O)N2[C@@H]3C[C@@H](O)C=C[C@@H]32)cc1. The van der Waals surface area contributed by atoms with E-state index in [4.69, 9.17) is 0 Å². The number of sulfonamides is 1. The number of hydrogen-bond donors (Lipinski definition) is 1. The van der Waals surface area contributed by atoms with Crippen LogP contribution in [0.2, 0.25) is 0 Å². The Kier molecular flexibility index (Phi) is 2.59. The fraction of sp³-hybridized carbons (Fsp3) is 0.385. The van der Waals surface area contributed by atoms with Crippen molar-refractivity contribution in [2.45, 2.75) is 36.4 Å². The standard InChI is InChI=1S/C13H15NO3S/c1-9-2-5-11(6-3-9)18(16,17)14-12-7-4-10(15)8-13(12)14/h2-7,10,12-13,15H,8H2,1H3/t10-,12-,13+,14?/m0/s1. The molecule has 0 amide bonds. The molecule has 4 nitrogen and oxygen atoms in total. The molecule has 1 fully saturated rings. The summed E-state index contributed by atoms with van der Waals surface area (Å²) in [5.74, 6) is 0. The molecule has 3 rings (SSSR count). The quantitative estimate of drug-likeness (QED) is 0.642. The third kappa shape index (κ3) is 1.79. The third-order valence-corrected chi connectivity index (χ3v) is 5.47. The lowest BCUT2D eigenvalue weighted by Gasteiger charge is -2.07. The maximum atomic E-state index is 12.4. The van der Waals surface area contributed by atoms with Gasteiger partial charge in [0, 0.05) is 6.04 Å². The summed E-state index contributed by atoms with van der Waals surface area (Å²) in [6.45, 7) is 1.92. The van der Waals surface area contributed by atoms with Crippen LogP contribution in [-0.4, -0.2) is 36.0 Å². The van der Waals surface area contributed by atoms with Crippen LogP contribution in [0.25, 0.3) is 0 Å². The average Bonchev–Trinajstić information content (AvgIpc) is 3.03. The van der Waals surface area contributed by atoms with Gasteiger partial charge in [-0.05, 0) is 25.5 Å². The lowest BCUT2D eigenvalue weighted by atomic mass is 10.1. The molecule has 1 aliphatic carbocycles. The fourth-order valence-electron chi connectivity index (χ4n) is 2.47. The molecule has 0 spiro atoms. The van der Waals surface area contributed by atoms with E-state index in [1.54, 1.807) is 36.4 Å². The van der Waals surface area contributed by atoms with Gasteiger partial charge in [0.25, 0.3) is 0 Å². The Labute approximate surface area is 107 Å². The average molecular weight is 265 g/mol. The number of aliphatic hydroxyl groups excluding tert-OH is 1. The van der Waals surface area contributed by atoms with Gasteiger partial charge < -0.3 is 5.11 Å². The highest BCUT2D eigenvalue weighted by atomic mass is 32.2. The number of fused-ring (bicyclic) bond motifs is 1. The fourth-order valence-corrected chi connectivity index (χ4v) is 4.24. The number of rotatable bonds is 2. The molecule has 1 aliphatic heterocycles. The zero-order valence-corrected chi connectivity index (χ0v) is 10.8. The monoisotopic (exact) mass is 265 g/mol. The van der Waals surface area contributed by atoms with Gasteiger partial charge in [-0.15, -0.1) is 0 Å². The second kappa shape index (κ2) is 3.91. The highest BCUT2D eigenvalue weighted by molar-refractivity contribution is 7.89. The minimum Gasteiger partial charge on any atom is -0.389 e. The molecule has 18 heavy (non-hydrogen) atoms. The van der Waals surface area contributed by atoms with Crippen molar-refractivity contribution in [3.8, 4) is 0 Å². The third-order valence-electron chi connectivity index (χ3n) is 3.54. The van der Waals surface area contributed by atoms with Crippen molar-refractivity contribution in [3.63, 3.8) is 0 Å². The van der Waals surface area contributed by atoms with Gasteiger partial charge in [-0.3, -0.25) is 0 Å². The van der Waals surface area contributed by atoms with E-state index in [0.29, 0.717) is 11.3 Å². The van der Waals surface area contributed by atoms with E-state index in [1.165, 1.54) is 4.31 Å². The molecule has 96 valence electrons. The number of hydrogen-bond acceptors (Lipinski definition) is 3. The van der Waals surface area contributed by atoms with E-state index in [0.717, 1.165) is 5.56 Å². The molecular formula is C13H15NO3S. The smallest absolute Gasteiger partial charge is 0.243 e. The van der Waals surface area contributed by atoms with Gasteiger partial charge in [-0.25, -0.2) is 8.42 Å². The maximum Gasteiger partial charge on any atom is 0.243 e. The lowest BCUT2D eigenvalue weighted by molar-refractivity contribution is 0.207. The molecule has 0 bridgehead atoms. The summed E-state index contributed by atoms with van der Waals surface area (Å²) in [4.78, 5) is 0.324. The molecule has 0 aromatic heterocycles. The van der Waals surface area contributed by atoms with Gasteiger partial charge in [0.1, 0.15) is 0 Å². The summed E-state index contributed by atoms with van der Waals surface area (Å²) in [5, 5.41) is 9.49.